The predicted octanol–water partition coefficient (Wildman–Crippen LogP) is 3.54. The van der Waals surface area contributed by atoms with Gasteiger partial charge in [0.15, 0.2) is 0 Å². The van der Waals surface area contributed by atoms with Crippen LogP contribution in [0.1, 0.15) is 23.6 Å². The van der Waals surface area contributed by atoms with Gasteiger partial charge in [-0.3, -0.25) is 13.9 Å². The van der Waals surface area contributed by atoms with Gasteiger partial charge in [0.25, 0.3) is 0 Å². The molecule has 0 aliphatic heterocycles. The lowest BCUT2D eigenvalue weighted by molar-refractivity contribution is -0.140. The summed E-state index contributed by atoms with van der Waals surface area (Å²) in [5.41, 5.74) is 3.16. The van der Waals surface area contributed by atoms with Gasteiger partial charge in [-0.05, 0) is 42.7 Å². The molecule has 1 atom stereocenters. The van der Waals surface area contributed by atoms with E-state index in [-0.39, 0.29) is 12.5 Å². The molecule has 0 aliphatic rings. The van der Waals surface area contributed by atoms with E-state index in [9.17, 15) is 18.0 Å². The number of benzene rings is 3. The first-order valence-electron chi connectivity index (χ1n) is 11.9. The number of hydrogen-bond donors (Lipinski definition) is 1. The predicted molar refractivity (Wildman–Crippen MR) is 143 cm³/mol. The Bertz CT molecular complexity index is 1260. The van der Waals surface area contributed by atoms with E-state index in [0.29, 0.717) is 18.7 Å². The van der Waals surface area contributed by atoms with E-state index in [4.69, 9.17) is 0 Å². The minimum atomic E-state index is -3.76. The van der Waals surface area contributed by atoms with E-state index in [0.717, 1.165) is 27.3 Å². The molecule has 7 nitrogen and oxygen atoms in total. The molecule has 8 heteroatoms. The Morgan fingerprint density at radius 3 is 2.06 bits per heavy atom. The average Bonchev–Trinajstić information content (AvgIpc) is 2.86. The number of nitrogens with zero attached hydrogens (tertiary/aromatic N) is 2. The van der Waals surface area contributed by atoms with Crippen LogP contribution in [0.2, 0.25) is 0 Å². The van der Waals surface area contributed by atoms with Crippen molar-refractivity contribution in [3.63, 3.8) is 0 Å². The molecule has 3 aromatic rings. The molecule has 1 N–H and O–H groups in total. The van der Waals surface area contributed by atoms with Crippen LogP contribution in [0.3, 0.4) is 0 Å². The zero-order valence-electron chi connectivity index (χ0n) is 20.9. The molecule has 0 unspecified atom stereocenters. The molecular formula is C28H33N3O4S. The SMILES string of the molecule is CCNC(=O)[C@@H](Cc1ccccc1)N(Cc1ccccc1C)C(=O)CN(c1ccccc1)S(C)(=O)=O. The molecule has 0 saturated heterocycles. The van der Waals surface area contributed by atoms with Crippen LogP contribution in [0.4, 0.5) is 5.69 Å². The van der Waals surface area contributed by atoms with Gasteiger partial charge in [-0.2, -0.15) is 0 Å². The number of carbonyl (C=O) groups excluding carboxylic acids is 2. The first-order valence-corrected chi connectivity index (χ1v) is 13.7. The van der Waals surface area contributed by atoms with Crippen LogP contribution < -0.4 is 9.62 Å². The largest absolute Gasteiger partial charge is 0.355 e. The van der Waals surface area contributed by atoms with E-state index < -0.39 is 28.5 Å². The van der Waals surface area contributed by atoms with Crippen LogP contribution >= 0.6 is 0 Å². The Labute approximate surface area is 213 Å². The third kappa shape index (κ3) is 7.18. The summed E-state index contributed by atoms with van der Waals surface area (Å²) in [4.78, 5) is 28.7. The first-order chi connectivity index (χ1) is 17.2. The smallest absolute Gasteiger partial charge is 0.244 e. The molecule has 0 fully saturated rings. The lowest BCUT2D eigenvalue weighted by atomic mass is 10.0. The maximum absolute atomic E-state index is 13.9. The van der Waals surface area contributed by atoms with Gasteiger partial charge in [0.2, 0.25) is 21.8 Å². The van der Waals surface area contributed by atoms with Crippen molar-refractivity contribution in [2.45, 2.75) is 32.9 Å². The first kappa shape index (κ1) is 26.9. The van der Waals surface area contributed by atoms with Crippen molar-refractivity contribution in [2.24, 2.45) is 0 Å². The van der Waals surface area contributed by atoms with Crippen LogP contribution in [0.25, 0.3) is 0 Å². The lowest BCUT2D eigenvalue weighted by Gasteiger charge is -2.33. The second kappa shape index (κ2) is 12.4. The number of likely N-dealkylation sites (N-methyl/N-ethyl adjacent to an activating group) is 1. The Morgan fingerprint density at radius 1 is 0.889 bits per heavy atom. The second-order valence-corrected chi connectivity index (χ2v) is 10.6. The summed E-state index contributed by atoms with van der Waals surface area (Å²) >= 11 is 0. The van der Waals surface area contributed by atoms with E-state index in [1.165, 1.54) is 4.90 Å². The minimum Gasteiger partial charge on any atom is -0.355 e. The molecule has 0 radical (unpaired) electrons. The monoisotopic (exact) mass is 507 g/mol. The zero-order chi connectivity index (χ0) is 26.1. The highest BCUT2D eigenvalue weighted by atomic mass is 32.2. The number of aryl methyl sites for hydroxylation is 1. The van der Waals surface area contributed by atoms with Gasteiger partial charge >= 0.3 is 0 Å². The molecule has 0 aliphatic carbocycles. The normalized spacial score (nSPS) is 12.0. The van der Waals surface area contributed by atoms with Crippen LogP contribution in [0.15, 0.2) is 84.9 Å². The molecule has 3 rings (SSSR count). The van der Waals surface area contributed by atoms with Crippen molar-refractivity contribution < 1.29 is 18.0 Å². The second-order valence-electron chi connectivity index (χ2n) is 8.65. The molecule has 36 heavy (non-hydrogen) atoms. The lowest BCUT2D eigenvalue weighted by Crippen LogP contribution is -2.53. The Kier molecular flexibility index (Phi) is 9.25. The van der Waals surface area contributed by atoms with Crippen LogP contribution in [-0.2, 0) is 32.6 Å². The Balaban J connectivity index is 2.03. The fraction of sp³-hybridized carbons (Fsp3) is 0.286. The highest BCUT2D eigenvalue weighted by Crippen LogP contribution is 2.21. The summed E-state index contributed by atoms with van der Waals surface area (Å²) in [6.07, 6.45) is 1.37. The van der Waals surface area contributed by atoms with Gasteiger partial charge in [0, 0.05) is 19.5 Å². The highest BCUT2D eigenvalue weighted by molar-refractivity contribution is 7.92. The number of para-hydroxylation sites is 1. The molecule has 0 heterocycles. The molecule has 0 bridgehead atoms. The number of anilines is 1. The molecule has 0 spiro atoms. The minimum absolute atomic E-state index is 0.173. The fourth-order valence-corrected chi connectivity index (χ4v) is 4.87. The van der Waals surface area contributed by atoms with Gasteiger partial charge in [0.05, 0.1) is 11.9 Å². The number of hydrogen-bond acceptors (Lipinski definition) is 4. The number of amides is 2. The van der Waals surface area contributed by atoms with Crippen molar-refractivity contribution in [3.05, 3.63) is 102 Å². The van der Waals surface area contributed by atoms with Gasteiger partial charge < -0.3 is 10.2 Å². The molecule has 3 aromatic carbocycles. The standard InChI is InChI=1S/C28H33N3O4S/c1-4-29-28(33)26(19-23-14-7-5-8-15-23)30(20-24-16-12-11-13-22(24)2)27(32)21-31(36(3,34)35)25-17-9-6-10-18-25/h5-18,26H,4,19-21H2,1-3H3,(H,29,33)/t26-/m1/s1. The van der Waals surface area contributed by atoms with E-state index in [2.05, 4.69) is 5.32 Å². The molecule has 0 aromatic heterocycles. The third-order valence-electron chi connectivity index (χ3n) is 5.95. The summed E-state index contributed by atoms with van der Waals surface area (Å²) in [7, 11) is -3.76. The van der Waals surface area contributed by atoms with Crippen molar-refractivity contribution in [3.8, 4) is 0 Å². The number of nitrogens with one attached hydrogen (secondary N) is 1. The molecular weight excluding hydrogens is 474 g/mol. The summed E-state index contributed by atoms with van der Waals surface area (Å²) in [5, 5.41) is 2.85. The number of rotatable bonds is 11. The van der Waals surface area contributed by atoms with E-state index >= 15 is 0 Å². The van der Waals surface area contributed by atoms with E-state index in [1.807, 2.05) is 68.4 Å². The topological polar surface area (TPSA) is 86.8 Å². The maximum Gasteiger partial charge on any atom is 0.244 e. The Morgan fingerprint density at radius 2 is 1.47 bits per heavy atom. The van der Waals surface area contributed by atoms with Crippen LogP contribution in [0.5, 0.6) is 0 Å². The van der Waals surface area contributed by atoms with Crippen LogP contribution in [0, 0.1) is 6.92 Å². The quantitative estimate of drug-likeness (QED) is 0.430. The van der Waals surface area contributed by atoms with Gasteiger partial charge in [-0.1, -0.05) is 72.8 Å². The molecule has 190 valence electrons. The summed E-state index contributed by atoms with van der Waals surface area (Å²) in [6.45, 7) is 3.94. The van der Waals surface area contributed by atoms with Gasteiger partial charge in [0.1, 0.15) is 12.6 Å². The van der Waals surface area contributed by atoms with E-state index in [1.54, 1.807) is 30.3 Å². The van der Waals surface area contributed by atoms with Crippen molar-refractivity contribution in [1.29, 1.82) is 0 Å². The van der Waals surface area contributed by atoms with Crippen LogP contribution in [-0.4, -0.2) is 50.5 Å². The van der Waals surface area contributed by atoms with Gasteiger partial charge in [-0.15, -0.1) is 0 Å². The zero-order valence-corrected chi connectivity index (χ0v) is 21.7. The average molecular weight is 508 g/mol. The number of carbonyl (C=O) groups is 2. The van der Waals surface area contributed by atoms with Gasteiger partial charge in [-0.25, -0.2) is 8.42 Å². The third-order valence-corrected chi connectivity index (χ3v) is 7.09. The summed E-state index contributed by atoms with van der Waals surface area (Å²) in [5.74, 6) is -0.742. The molecule has 2 amide bonds. The fourth-order valence-electron chi connectivity index (χ4n) is 4.02. The number of sulfonamides is 1. The Hall–Kier alpha value is -3.65. The van der Waals surface area contributed by atoms with Crippen molar-refractivity contribution in [1.82, 2.24) is 10.2 Å². The van der Waals surface area contributed by atoms with Crippen molar-refractivity contribution in [2.75, 3.05) is 23.7 Å². The highest BCUT2D eigenvalue weighted by Gasteiger charge is 2.33. The summed E-state index contributed by atoms with van der Waals surface area (Å²) < 4.78 is 26.4. The maximum atomic E-state index is 13.9. The van der Waals surface area contributed by atoms with Crippen molar-refractivity contribution >= 4 is 27.5 Å². The molecule has 0 saturated carbocycles. The summed E-state index contributed by atoms with van der Waals surface area (Å²) in [6, 6.07) is 24.8.